The van der Waals surface area contributed by atoms with E-state index in [1.165, 1.54) is 43.2 Å². The lowest BCUT2D eigenvalue weighted by Crippen LogP contribution is -2.36. The maximum atomic E-state index is 6.19. The van der Waals surface area contributed by atoms with Crippen LogP contribution in [0.1, 0.15) is 43.2 Å². The van der Waals surface area contributed by atoms with Gasteiger partial charge in [0.25, 0.3) is 0 Å². The van der Waals surface area contributed by atoms with Crippen molar-refractivity contribution < 1.29 is 4.74 Å². The van der Waals surface area contributed by atoms with Crippen molar-refractivity contribution in [2.24, 2.45) is 0 Å². The predicted molar refractivity (Wildman–Crippen MR) is 61.3 cm³/mol. The number of hydrogen-bond donors (Lipinski definition) is 0. The zero-order chi connectivity index (χ0) is 10.3. The first kappa shape index (κ1) is 9.26. The van der Waals surface area contributed by atoms with Crippen LogP contribution in [-0.2, 0) is 6.42 Å². The van der Waals surface area contributed by atoms with E-state index in [4.69, 9.17) is 4.74 Å². The second-order valence-electron chi connectivity index (χ2n) is 5.13. The highest BCUT2D eigenvalue weighted by atomic mass is 16.5. The van der Waals surface area contributed by atoms with Gasteiger partial charge >= 0.3 is 0 Å². The van der Waals surface area contributed by atoms with Gasteiger partial charge in [0.15, 0.2) is 0 Å². The molecule has 1 spiro atoms. The molecular weight excluding hydrogens is 184 g/mol. The number of aryl methyl sites for hydroxylation is 1. The molecule has 80 valence electrons. The third-order valence-corrected chi connectivity index (χ3v) is 3.82. The van der Waals surface area contributed by atoms with Gasteiger partial charge in [-0.25, -0.2) is 0 Å². The van der Waals surface area contributed by atoms with Gasteiger partial charge in [-0.3, -0.25) is 0 Å². The molecule has 1 nitrogen and oxygen atoms in total. The maximum Gasteiger partial charge on any atom is 0.123 e. The Hall–Kier alpha value is -0.980. The summed E-state index contributed by atoms with van der Waals surface area (Å²) in [6, 6.07) is 6.59. The van der Waals surface area contributed by atoms with Gasteiger partial charge in [-0.15, -0.1) is 0 Å². The fourth-order valence-corrected chi connectivity index (χ4v) is 3.04. The van der Waals surface area contributed by atoms with E-state index >= 15 is 0 Å². The largest absolute Gasteiger partial charge is 0.487 e. The van der Waals surface area contributed by atoms with Crippen LogP contribution in [0.15, 0.2) is 18.2 Å². The number of ether oxygens (including phenoxy) is 1. The standard InChI is InChI=1S/C14H18O/c1-11-5-6-13-12(9-11)10-14(15-13)7-3-2-4-8-14/h5-6,9H,2-4,7-8,10H2,1H3. The maximum absolute atomic E-state index is 6.19. The number of fused-ring (bicyclic) bond motifs is 1. The molecule has 0 N–H and O–H groups in total. The summed E-state index contributed by atoms with van der Waals surface area (Å²) in [5.74, 6) is 1.14. The number of benzene rings is 1. The van der Waals surface area contributed by atoms with Gasteiger partial charge in [-0.05, 0) is 44.2 Å². The first-order valence-corrected chi connectivity index (χ1v) is 6.06. The SMILES string of the molecule is Cc1ccc2c(c1)CC1(CCCCC1)O2. The quantitative estimate of drug-likeness (QED) is 0.624. The van der Waals surface area contributed by atoms with E-state index in [0.29, 0.717) is 0 Å². The summed E-state index contributed by atoms with van der Waals surface area (Å²) in [5.41, 5.74) is 2.95. The van der Waals surface area contributed by atoms with E-state index < -0.39 is 0 Å². The fraction of sp³-hybridized carbons (Fsp3) is 0.571. The summed E-state index contributed by atoms with van der Waals surface area (Å²) in [7, 11) is 0. The molecule has 0 radical (unpaired) electrons. The third kappa shape index (κ3) is 1.54. The zero-order valence-electron chi connectivity index (χ0n) is 9.38. The van der Waals surface area contributed by atoms with Crippen molar-refractivity contribution in [1.82, 2.24) is 0 Å². The molecule has 1 aromatic rings. The summed E-state index contributed by atoms with van der Waals surface area (Å²) in [6.07, 6.45) is 7.71. The lowest BCUT2D eigenvalue weighted by Gasteiger charge is -2.32. The molecule has 1 heterocycles. The van der Waals surface area contributed by atoms with Gasteiger partial charge in [0.1, 0.15) is 11.4 Å². The van der Waals surface area contributed by atoms with E-state index in [2.05, 4.69) is 25.1 Å². The molecule has 1 saturated carbocycles. The summed E-state index contributed by atoms with van der Waals surface area (Å²) in [4.78, 5) is 0. The Morgan fingerprint density at radius 3 is 2.73 bits per heavy atom. The Morgan fingerprint density at radius 1 is 1.13 bits per heavy atom. The van der Waals surface area contributed by atoms with E-state index in [1.54, 1.807) is 0 Å². The third-order valence-electron chi connectivity index (χ3n) is 3.82. The molecule has 1 heteroatoms. The topological polar surface area (TPSA) is 9.23 Å². The van der Waals surface area contributed by atoms with Gasteiger partial charge < -0.3 is 4.74 Å². The van der Waals surface area contributed by atoms with E-state index in [-0.39, 0.29) is 5.60 Å². The minimum atomic E-state index is 0.175. The number of hydrogen-bond acceptors (Lipinski definition) is 1. The summed E-state index contributed by atoms with van der Waals surface area (Å²) >= 11 is 0. The molecule has 3 rings (SSSR count). The van der Waals surface area contributed by atoms with E-state index in [1.807, 2.05) is 0 Å². The van der Waals surface area contributed by atoms with Crippen LogP contribution in [0.3, 0.4) is 0 Å². The smallest absolute Gasteiger partial charge is 0.123 e. The van der Waals surface area contributed by atoms with E-state index in [0.717, 1.165) is 12.2 Å². The van der Waals surface area contributed by atoms with Gasteiger partial charge in [-0.2, -0.15) is 0 Å². The van der Waals surface area contributed by atoms with Crippen molar-refractivity contribution in [3.63, 3.8) is 0 Å². The predicted octanol–water partition coefficient (Wildman–Crippen LogP) is 3.63. The molecule has 1 fully saturated rings. The minimum Gasteiger partial charge on any atom is -0.487 e. The molecule has 1 aliphatic carbocycles. The summed E-state index contributed by atoms with van der Waals surface area (Å²) in [6.45, 7) is 2.16. The molecule has 0 bridgehead atoms. The monoisotopic (exact) mass is 202 g/mol. The minimum absolute atomic E-state index is 0.175. The molecule has 1 aromatic carbocycles. The van der Waals surface area contributed by atoms with Crippen molar-refractivity contribution in [2.75, 3.05) is 0 Å². The summed E-state index contributed by atoms with van der Waals surface area (Å²) in [5, 5.41) is 0. The Kier molecular flexibility index (Phi) is 2.01. The Balaban J connectivity index is 1.90. The lowest BCUT2D eigenvalue weighted by molar-refractivity contribution is 0.0529. The van der Waals surface area contributed by atoms with Crippen molar-refractivity contribution in [3.8, 4) is 5.75 Å². The fourth-order valence-electron chi connectivity index (χ4n) is 3.04. The highest BCUT2D eigenvalue weighted by Crippen LogP contribution is 2.43. The Labute approximate surface area is 91.5 Å². The van der Waals surface area contributed by atoms with Crippen LogP contribution in [0.4, 0.5) is 0 Å². The highest BCUT2D eigenvalue weighted by Gasteiger charge is 2.39. The van der Waals surface area contributed by atoms with Crippen molar-refractivity contribution >= 4 is 0 Å². The van der Waals surface area contributed by atoms with Crippen LogP contribution in [-0.4, -0.2) is 5.60 Å². The summed E-state index contributed by atoms with van der Waals surface area (Å²) < 4.78 is 6.19. The second kappa shape index (κ2) is 3.26. The molecule has 0 unspecified atom stereocenters. The van der Waals surface area contributed by atoms with E-state index in [9.17, 15) is 0 Å². The molecule has 15 heavy (non-hydrogen) atoms. The van der Waals surface area contributed by atoms with Crippen molar-refractivity contribution in [3.05, 3.63) is 29.3 Å². The molecule has 2 aliphatic rings. The van der Waals surface area contributed by atoms with Gasteiger partial charge in [0, 0.05) is 6.42 Å². The number of rotatable bonds is 0. The Morgan fingerprint density at radius 2 is 1.93 bits per heavy atom. The van der Waals surface area contributed by atoms with Gasteiger partial charge in [0.2, 0.25) is 0 Å². The normalized spacial score (nSPS) is 22.5. The van der Waals surface area contributed by atoms with Crippen molar-refractivity contribution in [2.45, 2.75) is 51.0 Å². The molecule has 0 atom stereocenters. The lowest BCUT2D eigenvalue weighted by atomic mass is 9.82. The van der Waals surface area contributed by atoms with Crippen molar-refractivity contribution in [1.29, 1.82) is 0 Å². The average molecular weight is 202 g/mol. The van der Waals surface area contributed by atoms with Crippen LogP contribution in [0.5, 0.6) is 5.75 Å². The molecule has 0 amide bonds. The van der Waals surface area contributed by atoms with Crippen LogP contribution >= 0.6 is 0 Å². The average Bonchev–Trinajstić information content (AvgIpc) is 2.56. The Bertz CT molecular complexity index is 375. The van der Waals surface area contributed by atoms with Gasteiger partial charge in [0.05, 0.1) is 0 Å². The molecule has 1 aliphatic heterocycles. The molecule has 0 saturated heterocycles. The highest BCUT2D eigenvalue weighted by molar-refractivity contribution is 5.42. The zero-order valence-corrected chi connectivity index (χ0v) is 9.38. The second-order valence-corrected chi connectivity index (χ2v) is 5.13. The van der Waals surface area contributed by atoms with Crippen LogP contribution < -0.4 is 4.74 Å². The van der Waals surface area contributed by atoms with Crippen LogP contribution in [0.2, 0.25) is 0 Å². The van der Waals surface area contributed by atoms with Crippen LogP contribution in [0.25, 0.3) is 0 Å². The van der Waals surface area contributed by atoms with Gasteiger partial charge in [-0.1, -0.05) is 24.1 Å². The first-order chi connectivity index (χ1) is 7.27. The molecule has 0 aromatic heterocycles. The van der Waals surface area contributed by atoms with Crippen LogP contribution in [0, 0.1) is 6.92 Å². The first-order valence-electron chi connectivity index (χ1n) is 6.06. The molecular formula is C14H18O.